The van der Waals surface area contributed by atoms with E-state index >= 15 is 0 Å². The van der Waals surface area contributed by atoms with Crippen molar-refractivity contribution >= 4 is 28.6 Å². The van der Waals surface area contributed by atoms with Crippen molar-refractivity contribution in [2.75, 3.05) is 6.61 Å². The molecule has 2 atom stereocenters. The molecule has 0 saturated heterocycles. The first-order valence-electron chi connectivity index (χ1n) is 3.77. The van der Waals surface area contributed by atoms with Gasteiger partial charge in [0.15, 0.2) is 0 Å². The molecule has 0 aliphatic carbocycles. The van der Waals surface area contributed by atoms with Crippen LogP contribution in [0.1, 0.15) is 13.8 Å². The molecule has 0 aromatic rings. The topological polar surface area (TPSA) is 35.5 Å². The second-order valence-corrected chi connectivity index (χ2v) is 6.83. The summed E-state index contributed by atoms with van der Waals surface area (Å²) in [5.41, 5.74) is 0. The van der Waals surface area contributed by atoms with E-state index in [4.69, 9.17) is 31.7 Å². The number of halogens is 2. The fourth-order valence-corrected chi connectivity index (χ4v) is 1.89. The largest absolute Gasteiger partial charge is 0.380 e. The molecule has 0 radical (unpaired) electrons. The normalized spacial score (nSPS) is 16.6. The second kappa shape index (κ2) is 6.05. The number of ether oxygens (including phenoxy) is 1. The molecule has 0 aromatic heterocycles. The monoisotopic (exact) mass is 246 g/mol. The average molecular weight is 247 g/mol. The van der Waals surface area contributed by atoms with Crippen molar-refractivity contribution in [2.24, 2.45) is 0 Å². The van der Waals surface area contributed by atoms with Gasteiger partial charge >= 0.3 is 6.07 Å². The van der Waals surface area contributed by atoms with Crippen LogP contribution in [0, 0.1) is 0 Å². The first-order valence-corrected chi connectivity index (χ1v) is 7.20. The molecule has 0 spiro atoms. The van der Waals surface area contributed by atoms with Crippen LogP contribution < -0.4 is 0 Å². The van der Waals surface area contributed by atoms with Crippen LogP contribution >= 0.6 is 28.6 Å². The summed E-state index contributed by atoms with van der Waals surface area (Å²) in [7, 11) is 0. The van der Waals surface area contributed by atoms with Gasteiger partial charge in [0.1, 0.15) is 0 Å². The van der Waals surface area contributed by atoms with E-state index in [2.05, 4.69) is 6.58 Å². The van der Waals surface area contributed by atoms with Gasteiger partial charge in [-0.3, -0.25) is 4.57 Å². The lowest BCUT2D eigenvalue weighted by atomic mass is 10.4. The van der Waals surface area contributed by atoms with Gasteiger partial charge < -0.3 is 9.26 Å². The maximum absolute atomic E-state index is 10.8. The summed E-state index contributed by atoms with van der Waals surface area (Å²) in [6.45, 7) is 7.32. The van der Waals surface area contributed by atoms with Gasteiger partial charge in [0, 0.05) is 0 Å². The van der Waals surface area contributed by atoms with E-state index in [9.17, 15) is 4.57 Å². The van der Waals surface area contributed by atoms with Crippen molar-refractivity contribution in [3.05, 3.63) is 12.7 Å². The van der Waals surface area contributed by atoms with Gasteiger partial charge in [-0.2, -0.15) is 0 Å². The fourth-order valence-electron chi connectivity index (χ4n) is 0.595. The van der Waals surface area contributed by atoms with E-state index in [1.54, 1.807) is 13.0 Å². The minimum absolute atomic E-state index is 0.0731. The molecule has 3 nitrogen and oxygen atoms in total. The van der Waals surface area contributed by atoms with Gasteiger partial charge in [-0.15, -0.1) is 6.58 Å². The molecule has 0 heterocycles. The first kappa shape index (κ1) is 13.5. The van der Waals surface area contributed by atoms with Crippen molar-refractivity contribution in [3.8, 4) is 0 Å². The summed E-state index contributed by atoms with van der Waals surface area (Å²) in [6.07, 6.45) is -2.28. The summed E-state index contributed by atoms with van der Waals surface area (Å²) in [4.78, 5) is 0. The number of hydrogen-bond acceptors (Lipinski definition) is 3. The molecule has 2 unspecified atom stereocenters. The summed E-state index contributed by atoms with van der Waals surface area (Å²) < 4.78 is 20.7. The summed E-state index contributed by atoms with van der Waals surface area (Å²) in [5, 5.41) is 0. The molecule has 0 bridgehead atoms. The zero-order valence-corrected chi connectivity index (χ0v) is 9.98. The van der Waals surface area contributed by atoms with E-state index in [1.807, 2.05) is 6.92 Å². The Kier molecular flexibility index (Phi) is 6.27. The highest BCUT2D eigenvalue weighted by Crippen LogP contribution is 2.58. The van der Waals surface area contributed by atoms with Crippen LogP contribution in [0.3, 0.4) is 0 Å². The van der Waals surface area contributed by atoms with Gasteiger partial charge in [0.25, 0.3) is 0 Å². The van der Waals surface area contributed by atoms with Crippen molar-refractivity contribution in [3.63, 3.8) is 0 Å². The standard InChI is InChI=1S/C7H13Cl2O3P/c1-4-6(2)11-5-7(3)12-13(8,9)10/h4,6-7H,1,5H2,2-3H3. The Morgan fingerprint density at radius 3 is 2.46 bits per heavy atom. The zero-order chi connectivity index (χ0) is 10.5. The third kappa shape index (κ3) is 8.79. The van der Waals surface area contributed by atoms with E-state index in [0.717, 1.165) is 0 Å². The van der Waals surface area contributed by atoms with E-state index in [-0.39, 0.29) is 12.7 Å². The van der Waals surface area contributed by atoms with E-state index in [1.165, 1.54) is 0 Å². The second-order valence-electron chi connectivity index (χ2n) is 2.60. The van der Waals surface area contributed by atoms with Gasteiger partial charge in [0.05, 0.1) is 18.8 Å². The quantitative estimate of drug-likeness (QED) is 0.531. The minimum Gasteiger partial charge on any atom is -0.372 e. The minimum atomic E-state index is -3.45. The van der Waals surface area contributed by atoms with Crippen LogP contribution in [0.5, 0.6) is 0 Å². The molecule has 0 saturated carbocycles. The van der Waals surface area contributed by atoms with Crippen LogP contribution in [-0.2, 0) is 13.8 Å². The van der Waals surface area contributed by atoms with Crippen molar-refractivity contribution in [1.82, 2.24) is 0 Å². The molecular weight excluding hydrogens is 234 g/mol. The molecule has 0 aliphatic rings. The smallest absolute Gasteiger partial charge is 0.372 e. The lowest BCUT2D eigenvalue weighted by Crippen LogP contribution is -2.17. The summed E-state index contributed by atoms with van der Waals surface area (Å²) in [6, 6.07) is 0. The summed E-state index contributed by atoms with van der Waals surface area (Å²) in [5.74, 6) is 0. The van der Waals surface area contributed by atoms with E-state index in [0.29, 0.717) is 0 Å². The van der Waals surface area contributed by atoms with Gasteiger partial charge in [-0.25, -0.2) is 0 Å². The molecule has 6 heteroatoms. The molecular formula is C7H13Cl2O3P. The third-order valence-electron chi connectivity index (χ3n) is 1.23. The van der Waals surface area contributed by atoms with Crippen LogP contribution in [0.4, 0.5) is 0 Å². The molecule has 0 amide bonds. The van der Waals surface area contributed by atoms with Gasteiger partial charge in [-0.05, 0) is 36.3 Å². The van der Waals surface area contributed by atoms with Gasteiger partial charge in [-0.1, -0.05) is 6.08 Å². The molecule has 0 aliphatic heterocycles. The Balaban J connectivity index is 3.69. The first-order chi connectivity index (χ1) is 5.85. The number of rotatable bonds is 6. The fraction of sp³-hybridized carbons (Fsp3) is 0.714. The SMILES string of the molecule is C=CC(C)OCC(C)OP(=O)(Cl)Cl. The molecule has 13 heavy (non-hydrogen) atoms. The Bertz CT molecular complexity index is 204. The predicted octanol–water partition coefficient (Wildman–Crippen LogP) is 3.57. The van der Waals surface area contributed by atoms with Crippen LogP contribution in [0.2, 0.25) is 0 Å². The van der Waals surface area contributed by atoms with Crippen molar-refractivity contribution < 1.29 is 13.8 Å². The lowest BCUT2D eigenvalue weighted by molar-refractivity contribution is 0.0388. The Morgan fingerprint density at radius 2 is 2.08 bits per heavy atom. The summed E-state index contributed by atoms with van der Waals surface area (Å²) >= 11 is 10.4. The maximum Gasteiger partial charge on any atom is 0.380 e. The van der Waals surface area contributed by atoms with Crippen molar-refractivity contribution in [2.45, 2.75) is 26.1 Å². The Morgan fingerprint density at radius 1 is 1.54 bits per heavy atom. The Labute approximate surface area is 88.0 Å². The highest BCUT2D eigenvalue weighted by Gasteiger charge is 2.19. The number of hydrogen-bond donors (Lipinski definition) is 0. The molecule has 0 rings (SSSR count). The molecule has 0 fully saturated rings. The van der Waals surface area contributed by atoms with Crippen LogP contribution in [0.25, 0.3) is 0 Å². The highest BCUT2D eigenvalue weighted by molar-refractivity contribution is 8.05. The predicted molar refractivity (Wildman–Crippen MR) is 55.5 cm³/mol. The van der Waals surface area contributed by atoms with Crippen LogP contribution in [-0.4, -0.2) is 18.8 Å². The van der Waals surface area contributed by atoms with E-state index < -0.39 is 12.2 Å². The lowest BCUT2D eigenvalue weighted by Gasteiger charge is -2.15. The third-order valence-corrected chi connectivity index (χ3v) is 2.31. The highest BCUT2D eigenvalue weighted by atomic mass is 35.9. The maximum atomic E-state index is 10.8. The Hall–Kier alpha value is 0.470. The average Bonchev–Trinajstić information content (AvgIpc) is 1.97. The molecule has 0 N–H and O–H groups in total. The van der Waals surface area contributed by atoms with Gasteiger partial charge in [0.2, 0.25) is 0 Å². The molecule has 0 aromatic carbocycles. The van der Waals surface area contributed by atoms with Crippen LogP contribution in [0.15, 0.2) is 12.7 Å². The van der Waals surface area contributed by atoms with Crippen molar-refractivity contribution in [1.29, 1.82) is 0 Å². The molecule has 78 valence electrons. The zero-order valence-electron chi connectivity index (χ0n) is 7.57.